The Morgan fingerprint density at radius 3 is 2.77 bits per heavy atom. The fraction of sp³-hybridized carbons (Fsp3) is 0.125. The minimum atomic E-state index is -0.639. The number of carbonyl (C=O) groups excluding carboxylic acids is 1. The molecule has 0 aliphatic rings. The Labute approximate surface area is 75.1 Å². The largest absolute Gasteiger partial charge is 0.497 e. The van der Waals surface area contributed by atoms with Gasteiger partial charge in [-0.15, -0.1) is 0 Å². The van der Waals surface area contributed by atoms with Crippen molar-refractivity contribution in [2.24, 2.45) is 0 Å². The summed E-state index contributed by atoms with van der Waals surface area (Å²) in [7, 11) is 1.50. The molecular formula is C8H10N2O3. The van der Waals surface area contributed by atoms with E-state index in [1.54, 1.807) is 6.07 Å². The third-order valence-corrected chi connectivity index (χ3v) is 1.60. The van der Waals surface area contributed by atoms with Crippen LogP contribution in [-0.4, -0.2) is 18.2 Å². The lowest BCUT2D eigenvalue weighted by molar-refractivity contribution is 0.0707. The Morgan fingerprint density at radius 1 is 1.62 bits per heavy atom. The van der Waals surface area contributed by atoms with Crippen LogP contribution in [0.1, 0.15) is 10.4 Å². The second kappa shape index (κ2) is 3.77. The van der Waals surface area contributed by atoms with Gasteiger partial charge >= 0.3 is 0 Å². The maximum Gasteiger partial charge on any atom is 0.276 e. The minimum Gasteiger partial charge on any atom is -0.497 e. The number of anilines is 1. The van der Waals surface area contributed by atoms with Gasteiger partial charge in [0, 0.05) is 11.8 Å². The predicted molar refractivity (Wildman–Crippen MR) is 46.7 cm³/mol. The fourth-order valence-corrected chi connectivity index (χ4v) is 0.935. The van der Waals surface area contributed by atoms with Crippen LogP contribution in [0.5, 0.6) is 5.75 Å². The van der Waals surface area contributed by atoms with E-state index in [1.807, 2.05) is 0 Å². The maximum absolute atomic E-state index is 11.0. The number of methoxy groups -OCH3 is 1. The molecule has 0 aliphatic heterocycles. The van der Waals surface area contributed by atoms with Gasteiger partial charge in [-0.25, -0.2) is 5.48 Å². The SMILES string of the molecule is COc1ccc(C(=O)NO)c(N)c1. The lowest BCUT2D eigenvalue weighted by atomic mass is 10.1. The third kappa shape index (κ3) is 1.88. The molecule has 0 radical (unpaired) electrons. The lowest BCUT2D eigenvalue weighted by Crippen LogP contribution is -2.19. The molecule has 0 heterocycles. The van der Waals surface area contributed by atoms with Gasteiger partial charge in [0.1, 0.15) is 5.75 Å². The van der Waals surface area contributed by atoms with Crippen molar-refractivity contribution in [1.29, 1.82) is 0 Å². The van der Waals surface area contributed by atoms with Crippen LogP contribution in [0.3, 0.4) is 0 Å². The second-order valence-electron chi connectivity index (χ2n) is 2.39. The molecule has 0 saturated carbocycles. The Bertz CT molecular complexity index is 325. The van der Waals surface area contributed by atoms with E-state index in [0.29, 0.717) is 5.75 Å². The summed E-state index contributed by atoms with van der Waals surface area (Å²) in [5.41, 5.74) is 7.49. The Morgan fingerprint density at radius 2 is 2.31 bits per heavy atom. The summed E-state index contributed by atoms with van der Waals surface area (Å²) in [6.45, 7) is 0. The van der Waals surface area contributed by atoms with Gasteiger partial charge in [0.25, 0.3) is 5.91 Å². The van der Waals surface area contributed by atoms with Crippen molar-refractivity contribution >= 4 is 11.6 Å². The number of nitrogens with two attached hydrogens (primary N) is 1. The molecule has 1 aromatic rings. The summed E-state index contributed by atoms with van der Waals surface area (Å²) in [6.07, 6.45) is 0. The van der Waals surface area contributed by atoms with E-state index in [2.05, 4.69) is 0 Å². The van der Waals surface area contributed by atoms with Crippen LogP contribution >= 0.6 is 0 Å². The summed E-state index contributed by atoms with van der Waals surface area (Å²) in [5.74, 6) is -0.0767. The van der Waals surface area contributed by atoms with Gasteiger partial charge in [-0.1, -0.05) is 0 Å². The number of benzene rings is 1. The summed E-state index contributed by atoms with van der Waals surface area (Å²) < 4.78 is 4.89. The van der Waals surface area contributed by atoms with E-state index in [9.17, 15) is 4.79 Å². The highest BCUT2D eigenvalue weighted by Crippen LogP contribution is 2.19. The first-order valence-electron chi connectivity index (χ1n) is 3.57. The summed E-state index contributed by atoms with van der Waals surface area (Å²) in [5, 5.41) is 8.35. The van der Waals surface area contributed by atoms with E-state index >= 15 is 0 Å². The predicted octanol–water partition coefficient (Wildman–Crippen LogP) is 0.396. The molecule has 0 spiro atoms. The van der Waals surface area contributed by atoms with Crippen molar-refractivity contribution in [3.05, 3.63) is 23.8 Å². The van der Waals surface area contributed by atoms with Gasteiger partial charge in [-0.05, 0) is 12.1 Å². The molecule has 4 N–H and O–H groups in total. The molecule has 5 heteroatoms. The molecule has 0 saturated heterocycles. The highest BCUT2D eigenvalue weighted by Gasteiger charge is 2.08. The number of nitrogens with one attached hydrogen (secondary N) is 1. The molecule has 0 unspecified atom stereocenters. The molecule has 70 valence electrons. The van der Waals surface area contributed by atoms with Crippen molar-refractivity contribution in [1.82, 2.24) is 5.48 Å². The van der Waals surface area contributed by atoms with Gasteiger partial charge in [-0.2, -0.15) is 0 Å². The average molecular weight is 182 g/mol. The van der Waals surface area contributed by atoms with Crippen molar-refractivity contribution in [2.45, 2.75) is 0 Å². The van der Waals surface area contributed by atoms with E-state index in [1.165, 1.54) is 24.7 Å². The van der Waals surface area contributed by atoms with Crippen LogP contribution in [0.25, 0.3) is 0 Å². The Hall–Kier alpha value is -1.75. The molecule has 13 heavy (non-hydrogen) atoms. The standard InChI is InChI=1S/C8H10N2O3/c1-13-5-2-3-6(7(9)4-5)8(11)10-12/h2-4,12H,9H2,1H3,(H,10,11). The number of hydrogen-bond acceptors (Lipinski definition) is 4. The zero-order valence-corrected chi connectivity index (χ0v) is 7.07. The molecule has 5 nitrogen and oxygen atoms in total. The van der Waals surface area contributed by atoms with Crippen molar-refractivity contribution < 1.29 is 14.7 Å². The van der Waals surface area contributed by atoms with Crippen molar-refractivity contribution in [2.75, 3.05) is 12.8 Å². The number of hydroxylamine groups is 1. The van der Waals surface area contributed by atoms with Crippen molar-refractivity contribution in [3.8, 4) is 5.75 Å². The first-order chi connectivity index (χ1) is 6.19. The molecule has 0 aromatic heterocycles. The number of carbonyl (C=O) groups is 1. The normalized spacial score (nSPS) is 9.38. The molecule has 1 rings (SSSR count). The number of hydrogen-bond donors (Lipinski definition) is 3. The molecule has 0 aliphatic carbocycles. The summed E-state index contributed by atoms with van der Waals surface area (Å²) in [4.78, 5) is 11.0. The van der Waals surface area contributed by atoms with Crippen molar-refractivity contribution in [3.63, 3.8) is 0 Å². The van der Waals surface area contributed by atoms with Gasteiger partial charge in [0.2, 0.25) is 0 Å². The summed E-state index contributed by atoms with van der Waals surface area (Å²) in [6, 6.07) is 4.56. The molecular weight excluding hydrogens is 172 g/mol. The monoisotopic (exact) mass is 182 g/mol. The highest BCUT2D eigenvalue weighted by atomic mass is 16.5. The summed E-state index contributed by atoms with van der Waals surface area (Å²) >= 11 is 0. The highest BCUT2D eigenvalue weighted by molar-refractivity contribution is 5.98. The molecule has 0 bridgehead atoms. The first kappa shape index (κ1) is 9.34. The third-order valence-electron chi connectivity index (χ3n) is 1.60. The van der Waals surface area contributed by atoms with E-state index in [-0.39, 0.29) is 11.3 Å². The fourth-order valence-electron chi connectivity index (χ4n) is 0.935. The molecule has 0 atom stereocenters. The van der Waals surface area contributed by atoms with Gasteiger partial charge in [-0.3, -0.25) is 10.0 Å². The van der Waals surface area contributed by atoms with E-state index < -0.39 is 5.91 Å². The second-order valence-corrected chi connectivity index (χ2v) is 2.39. The zero-order chi connectivity index (χ0) is 9.84. The molecule has 1 aromatic carbocycles. The van der Waals surface area contributed by atoms with Crippen LogP contribution in [-0.2, 0) is 0 Å². The first-order valence-corrected chi connectivity index (χ1v) is 3.57. The lowest BCUT2D eigenvalue weighted by Gasteiger charge is -2.05. The Balaban J connectivity index is 3.05. The van der Waals surface area contributed by atoms with Gasteiger partial charge in [0.15, 0.2) is 0 Å². The number of ether oxygens (including phenoxy) is 1. The van der Waals surface area contributed by atoms with Gasteiger partial charge in [0.05, 0.1) is 12.7 Å². The van der Waals surface area contributed by atoms with Crippen LogP contribution in [0.2, 0.25) is 0 Å². The maximum atomic E-state index is 11.0. The quantitative estimate of drug-likeness (QED) is 0.351. The average Bonchev–Trinajstić information content (AvgIpc) is 2.16. The number of amides is 1. The van der Waals surface area contributed by atoms with Crippen LogP contribution in [0.4, 0.5) is 5.69 Å². The van der Waals surface area contributed by atoms with Gasteiger partial charge < -0.3 is 10.5 Å². The topological polar surface area (TPSA) is 84.6 Å². The molecule has 1 amide bonds. The van der Waals surface area contributed by atoms with Crippen LogP contribution in [0.15, 0.2) is 18.2 Å². The smallest absolute Gasteiger partial charge is 0.276 e. The van der Waals surface area contributed by atoms with E-state index in [4.69, 9.17) is 15.7 Å². The minimum absolute atomic E-state index is 0.211. The number of rotatable bonds is 2. The van der Waals surface area contributed by atoms with Crippen LogP contribution in [0, 0.1) is 0 Å². The number of nitrogen functional groups attached to an aromatic ring is 1. The Kier molecular flexibility index (Phi) is 2.71. The zero-order valence-electron chi connectivity index (χ0n) is 7.07. The van der Waals surface area contributed by atoms with Crippen LogP contribution < -0.4 is 16.0 Å². The van der Waals surface area contributed by atoms with E-state index in [0.717, 1.165) is 0 Å². The molecule has 0 fully saturated rings.